The molecule has 78 valence electrons. The first-order chi connectivity index (χ1) is 7.16. The summed E-state index contributed by atoms with van der Waals surface area (Å²) in [5, 5.41) is 9.50. The Bertz CT molecular complexity index is 489. The fourth-order valence-electron chi connectivity index (χ4n) is 1.20. The molecular formula is C9H9N3O2S. The quantitative estimate of drug-likeness (QED) is 0.853. The lowest BCUT2D eigenvalue weighted by Gasteiger charge is -2.00. The highest BCUT2D eigenvalue weighted by molar-refractivity contribution is 7.13. The lowest BCUT2D eigenvalue weighted by molar-refractivity contribution is 0.0702. The van der Waals surface area contributed by atoms with Crippen LogP contribution in [0.1, 0.15) is 20.5 Å². The second kappa shape index (κ2) is 3.82. The summed E-state index contributed by atoms with van der Waals surface area (Å²) in [5.74, 6) is -0.0387. The summed E-state index contributed by atoms with van der Waals surface area (Å²) in [6.45, 7) is 2.47. The van der Waals surface area contributed by atoms with Crippen LogP contribution in [0.3, 0.4) is 0 Å². The van der Waals surface area contributed by atoms with Crippen molar-refractivity contribution in [2.45, 2.75) is 13.5 Å². The molecular weight excluding hydrogens is 214 g/mol. The van der Waals surface area contributed by atoms with Gasteiger partial charge in [0.1, 0.15) is 15.7 Å². The molecule has 0 aliphatic carbocycles. The zero-order valence-electron chi connectivity index (χ0n) is 8.04. The van der Waals surface area contributed by atoms with Gasteiger partial charge in [-0.25, -0.2) is 14.8 Å². The maximum Gasteiger partial charge on any atom is 0.347 e. The van der Waals surface area contributed by atoms with Crippen LogP contribution in [-0.4, -0.2) is 25.6 Å². The Hall–Kier alpha value is -1.69. The first-order valence-corrected chi connectivity index (χ1v) is 5.14. The molecule has 0 fully saturated rings. The molecule has 5 nitrogen and oxygen atoms in total. The van der Waals surface area contributed by atoms with E-state index in [1.807, 2.05) is 17.7 Å². The molecule has 2 rings (SSSR count). The Morgan fingerprint density at radius 2 is 2.40 bits per heavy atom. The van der Waals surface area contributed by atoms with E-state index in [4.69, 9.17) is 5.11 Å². The first-order valence-electron chi connectivity index (χ1n) is 4.32. The van der Waals surface area contributed by atoms with Crippen molar-refractivity contribution in [3.05, 3.63) is 34.3 Å². The Balaban J connectivity index is 2.18. The number of carboxylic acids is 1. The fourth-order valence-corrected chi connectivity index (χ4v) is 1.95. The van der Waals surface area contributed by atoms with Gasteiger partial charge in [0.25, 0.3) is 0 Å². The van der Waals surface area contributed by atoms with E-state index < -0.39 is 5.97 Å². The molecule has 2 heterocycles. The normalized spacial score (nSPS) is 10.5. The minimum atomic E-state index is -0.930. The van der Waals surface area contributed by atoms with Crippen LogP contribution < -0.4 is 0 Å². The number of carboxylic acid groups (broad SMARTS) is 1. The predicted octanol–water partition coefficient (Wildman–Crippen LogP) is 1.39. The van der Waals surface area contributed by atoms with Crippen LogP contribution in [0.2, 0.25) is 0 Å². The molecule has 0 spiro atoms. The van der Waals surface area contributed by atoms with Crippen LogP contribution in [-0.2, 0) is 6.54 Å². The third-order valence-electron chi connectivity index (χ3n) is 1.99. The zero-order chi connectivity index (χ0) is 10.8. The molecule has 1 N–H and O–H groups in total. The van der Waals surface area contributed by atoms with Crippen molar-refractivity contribution in [2.24, 2.45) is 0 Å². The van der Waals surface area contributed by atoms with E-state index >= 15 is 0 Å². The number of hydrogen-bond acceptors (Lipinski definition) is 4. The van der Waals surface area contributed by atoms with Gasteiger partial charge in [-0.05, 0) is 6.92 Å². The molecule has 2 aromatic rings. The molecule has 0 saturated heterocycles. The highest BCUT2D eigenvalue weighted by Crippen LogP contribution is 2.14. The number of thiazole rings is 1. The van der Waals surface area contributed by atoms with Crippen LogP contribution in [0.25, 0.3) is 0 Å². The number of imidazole rings is 1. The largest absolute Gasteiger partial charge is 0.477 e. The van der Waals surface area contributed by atoms with Gasteiger partial charge in [-0.3, -0.25) is 0 Å². The van der Waals surface area contributed by atoms with Crippen LogP contribution in [0, 0.1) is 6.92 Å². The SMILES string of the molecule is Cc1nccn1Cc1ncc(C(=O)O)s1. The number of nitrogens with zero attached hydrogens (tertiary/aromatic N) is 3. The van der Waals surface area contributed by atoms with Crippen molar-refractivity contribution in [3.8, 4) is 0 Å². The van der Waals surface area contributed by atoms with Crippen molar-refractivity contribution < 1.29 is 9.90 Å². The second-order valence-corrected chi connectivity index (χ2v) is 4.14. The van der Waals surface area contributed by atoms with E-state index in [1.54, 1.807) is 6.20 Å². The monoisotopic (exact) mass is 223 g/mol. The van der Waals surface area contributed by atoms with Crippen molar-refractivity contribution in [3.63, 3.8) is 0 Å². The number of aromatic carboxylic acids is 1. The predicted molar refractivity (Wildman–Crippen MR) is 55.1 cm³/mol. The third kappa shape index (κ3) is 2.04. The molecule has 0 unspecified atom stereocenters. The first kappa shape index (κ1) is 9.85. The summed E-state index contributed by atoms with van der Waals surface area (Å²) in [6.07, 6.45) is 4.94. The van der Waals surface area contributed by atoms with E-state index in [2.05, 4.69) is 9.97 Å². The molecule has 0 aliphatic rings. The Labute approximate surface area is 90.0 Å². The fraction of sp³-hybridized carbons (Fsp3) is 0.222. The molecule has 0 radical (unpaired) electrons. The van der Waals surface area contributed by atoms with E-state index in [1.165, 1.54) is 17.5 Å². The van der Waals surface area contributed by atoms with Gasteiger partial charge in [-0.1, -0.05) is 0 Å². The van der Waals surface area contributed by atoms with Crippen LogP contribution in [0.5, 0.6) is 0 Å². The van der Waals surface area contributed by atoms with E-state index in [-0.39, 0.29) is 4.88 Å². The zero-order valence-corrected chi connectivity index (χ0v) is 8.86. The van der Waals surface area contributed by atoms with Crippen molar-refractivity contribution >= 4 is 17.3 Å². The van der Waals surface area contributed by atoms with Gasteiger partial charge < -0.3 is 9.67 Å². The van der Waals surface area contributed by atoms with E-state index in [0.717, 1.165) is 10.8 Å². The average Bonchev–Trinajstić information content (AvgIpc) is 2.77. The molecule has 0 aliphatic heterocycles. The summed E-state index contributed by atoms with van der Waals surface area (Å²) < 4.78 is 1.92. The van der Waals surface area contributed by atoms with Crippen molar-refractivity contribution in [1.82, 2.24) is 14.5 Å². The van der Waals surface area contributed by atoms with Crippen molar-refractivity contribution in [2.75, 3.05) is 0 Å². The lowest BCUT2D eigenvalue weighted by atomic mass is 10.5. The summed E-state index contributed by atoms with van der Waals surface area (Å²) in [6, 6.07) is 0. The molecule has 2 aromatic heterocycles. The highest BCUT2D eigenvalue weighted by Gasteiger charge is 2.09. The lowest BCUT2D eigenvalue weighted by Crippen LogP contribution is -1.99. The number of aromatic nitrogens is 3. The topological polar surface area (TPSA) is 68.0 Å². The minimum Gasteiger partial charge on any atom is -0.477 e. The summed E-state index contributed by atoms with van der Waals surface area (Å²) in [4.78, 5) is 19.0. The third-order valence-corrected chi connectivity index (χ3v) is 2.96. The van der Waals surface area contributed by atoms with Gasteiger partial charge in [0.2, 0.25) is 0 Å². The molecule has 0 amide bonds. The van der Waals surface area contributed by atoms with Gasteiger partial charge >= 0.3 is 5.97 Å². The molecule has 0 bridgehead atoms. The number of rotatable bonds is 3. The standard InChI is InChI=1S/C9H9N3O2S/c1-6-10-2-3-12(6)5-8-11-4-7(15-8)9(13)14/h2-4H,5H2,1H3,(H,13,14). The maximum absolute atomic E-state index is 10.6. The summed E-state index contributed by atoms with van der Waals surface area (Å²) >= 11 is 1.19. The Kier molecular flexibility index (Phi) is 2.51. The van der Waals surface area contributed by atoms with E-state index in [9.17, 15) is 4.79 Å². The van der Waals surface area contributed by atoms with Crippen LogP contribution >= 0.6 is 11.3 Å². The molecule has 15 heavy (non-hydrogen) atoms. The van der Waals surface area contributed by atoms with Crippen molar-refractivity contribution in [1.29, 1.82) is 0 Å². The van der Waals surface area contributed by atoms with Crippen LogP contribution in [0.4, 0.5) is 0 Å². The highest BCUT2D eigenvalue weighted by atomic mass is 32.1. The Morgan fingerprint density at radius 1 is 1.60 bits per heavy atom. The maximum atomic E-state index is 10.6. The average molecular weight is 223 g/mol. The number of hydrogen-bond donors (Lipinski definition) is 1. The minimum absolute atomic E-state index is 0.266. The van der Waals surface area contributed by atoms with E-state index in [0.29, 0.717) is 6.54 Å². The van der Waals surface area contributed by atoms with Gasteiger partial charge in [-0.15, -0.1) is 11.3 Å². The molecule has 6 heteroatoms. The summed E-state index contributed by atoms with van der Waals surface area (Å²) in [7, 11) is 0. The van der Waals surface area contributed by atoms with Gasteiger partial charge in [0.05, 0.1) is 12.7 Å². The smallest absolute Gasteiger partial charge is 0.347 e. The molecule has 0 saturated carbocycles. The molecule has 0 atom stereocenters. The summed E-state index contributed by atoms with van der Waals surface area (Å²) in [5.41, 5.74) is 0. The van der Waals surface area contributed by atoms with Gasteiger partial charge in [0, 0.05) is 12.4 Å². The number of carbonyl (C=O) groups is 1. The van der Waals surface area contributed by atoms with Crippen LogP contribution in [0.15, 0.2) is 18.6 Å². The molecule has 0 aromatic carbocycles. The van der Waals surface area contributed by atoms with Gasteiger partial charge in [0.15, 0.2) is 0 Å². The van der Waals surface area contributed by atoms with Gasteiger partial charge in [-0.2, -0.15) is 0 Å². The second-order valence-electron chi connectivity index (χ2n) is 3.03. The number of aryl methyl sites for hydroxylation is 1. The Morgan fingerprint density at radius 3 is 2.93 bits per heavy atom.